The lowest BCUT2D eigenvalue weighted by Crippen LogP contribution is -2.40. The van der Waals surface area contributed by atoms with Crippen LogP contribution in [0.3, 0.4) is 0 Å². The molecule has 1 aliphatic rings. The first-order valence-electron chi connectivity index (χ1n) is 8.85. The SMILES string of the molecule is O=C(CN1CCC[C@H]1C[C@H](O)c1ccccc1)NCc1cccnc1. The van der Waals surface area contributed by atoms with Gasteiger partial charge in [0.2, 0.25) is 5.91 Å². The Bertz CT molecular complexity index is 663. The average molecular weight is 339 g/mol. The largest absolute Gasteiger partial charge is 0.388 e. The Labute approximate surface area is 148 Å². The van der Waals surface area contributed by atoms with Gasteiger partial charge in [-0.25, -0.2) is 0 Å². The number of aliphatic hydroxyl groups is 1. The molecule has 2 heterocycles. The van der Waals surface area contributed by atoms with E-state index in [0.29, 0.717) is 19.5 Å². The highest BCUT2D eigenvalue weighted by molar-refractivity contribution is 5.78. The van der Waals surface area contributed by atoms with Crippen molar-refractivity contribution in [2.24, 2.45) is 0 Å². The molecule has 0 unspecified atom stereocenters. The molecule has 5 nitrogen and oxygen atoms in total. The van der Waals surface area contributed by atoms with Crippen molar-refractivity contribution in [3.8, 4) is 0 Å². The first kappa shape index (κ1) is 17.6. The molecule has 5 heteroatoms. The van der Waals surface area contributed by atoms with Crippen molar-refractivity contribution in [1.29, 1.82) is 0 Å². The molecule has 3 rings (SSSR count). The Kier molecular flexibility index (Phi) is 6.14. The third-order valence-electron chi connectivity index (χ3n) is 4.74. The Balaban J connectivity index is 1.48. The van der Waals surface area contributed by atoms with Crippen molar-refractivity contribution in [1.82, 2.24) is 15.2 Å². The number of nitrogens with zero attached hydrogens (tertiary/aromatic N) is 2. The molecule has 1 amide bonds. The minimum atomic E-state index is -0.481. The summed E-state index contributed by atoms with van der Waals surface area (Å²) in [6.45, 7) is 1.79. The number of amides is 1. The molecule has 25 heavy (non-hydrogen) atoms. The quantitative estimate of drug-likeness (QED) is 0.812. The summed E-state index contributed by atoms with van der Waals surface area (Å²) >= 11 is 0. The monoisotopic (exact) mass is 339 g/mol. The van der Waals surface area contributed by atoms with Gasteiger partial charge in [-0.3, -0.25) is 14.7 Å². The summed E-state index contributed by atoms with van der Waals surface area (Å²) < 4.78 is 0. The number of carbonyl (C=O) groups excluding carboxylic acids is 1. The number of aromatic nitrogens is 1. The Morgan fingerprint density at radius 3 is 2.88 bits per heavy atom. The molecule has 132 valence electrons. The Morgan fingerprint density at radius 2 is 2.12 bits per heavy atom. The van der Waals surface area contributed by atoms with Crippen LogP contribution < -0.4 is 5.32 Å². The van der Waals surface area contributed by atoms with E-state index in [2.05, 4.69) is 15.2 Å². The van der Waals surface area contributed by atoms with Gasteiger partial charge in [0.25, 0.3) is 0 Å². The van der Waals surface area contributed by atoms with E-state index in [0.717, 1.165) is 30.5 Å². The third kappa shape index (κ3) is 5.11. The number of carbonyl (C=O) groups is 1. The number of likely N-dealkylation sites (tertiary alicyclic amines) is 1. The van der Waals surface area contributed by atoms with Gasteiger partial charge in [-0.15, -0.1) is 0 Å². The van der Waals surface area contributed by atoms with E-state index in [1.807, 2.05) is 42.5 Å². The average Bonchev–Trinajstić information content (AvgIpc) is 3.08. The minimum Gasteiger partial charge on any atom is -0.388 e. The van der Waals surface area contributed by atoms with E-state index in [9.17, 15) is 9.90 Å². The lowest BCUT2D eigenvalue weighted by atomic mass is 10.0. The number of aliphatic hydroxyl groups excluding tert-OH is 1. The van der Waals surface area contributed by atoms with Gasteiger partial charge >= 0.3 is 0 Å². The molecule has 1 aromatic carbocycles. The summed E-state index contributed by atoms with van der Waals surface area (Å²) in [7, 11) is 0. The fraction of sp³-hybridized carbons (Fsp3) is 0.400. The highest BCUT2D eigenvalue weighted by Gasteiger charge is 2.28. The molecule has 1 saturated heterocycles. The van der Waals surface area contributed by atoms with Gasteiger partial charge in [-0.1, -0.05) is 36.4 Å². The van der Waals surface area contributed by atoms with Crippen LogP contribution in [0, 0.1) is 0 Å². The fourth-order valence-electron chi connectivity index (χ4n) is 3.38. The molecule has 0 bridgehead atoms. The van der Waals surface area contributed by atoms with Gasteiger partial charge in [-0.2, -0.15) is 0 Å². The molecule has 0 spiro atoms. The van der Waals surface area contributed by atoms with E-state index in [1.54, 1.807) is 12.4 Å². The van der Waals surface area contributed by atoms with Gasteiger partial charge in [-0.05, 0) is 43.0 Å². The maximum absolute atomic E-state index is 12.2. The number of pyridine rings is 1. The van der Waals surface area contributed by atoms with Crippen molar-refractivity contribution in [2.45, 2.75) is 38.0 Å². The molecule has 0 saturated carbocycles. The zero-order valence-corrected chi connectivity index (χ0v) is 14.3. The standard InChI is InChI=1S/C20H25N3O2/c24-19(17-7-2-1-3-8-17)12-18-9-5-11-23(18)15-20(25)22-14-16-6-4-10-21-13-16/h1-4,6-8,10,13,18-19,24H,5,9,11-12,14-15H2,(H,22,25)/t18-,19-/m0/s1. The van der Waals surface area contributed by atoms with Gasteiger partial charge in [0.1, 0.15) is 0 Å². The molecule has 0 aliphatic carbocycles. The molecule has 2 aromatic rings. The van der Waals surface area contributed by atoms with Gasteiger partial charge in [0.05, 0.1) is 12.6 Å². The third-order valence-corrected chi connectivity index (χ3v) is 4.74. The smallest absolute Gasteiger partial charge is 0.234 e. The molecule has 2 N–H and O–H groups in total. The predicted octanol–water partition coefficient (Wildman–Crippen LogP) is 2.29. The van der Waals surface area contributed by atoms with E-state index in [4.69, 9.17) is 0 Å². The van der Waals surface area contributed by atoms with E-state index in [1.165, 1.54) is 0 Å². The van der Waals surface area contributed by atoms with Crippen LogP contribution in [-0.4, -0.2) is 40.0 Å². The van der Waals surface area contributed by atoms with Crippen molar-refractivity contribution in [2.75, 3.05) is 13.1 Å². The van der Waals surface area contributed by atoms with Crippen molar-refractivity contribution in [3.63, 3.8) is 0 Å². The van der Waals surface area contributed by atoms with Crippen molar-refractivity contribution >= 4 is 5.91 Å². The molecule has 1 fully saturated rings. The predicted molar refractivity (Wildman–Crippen MR) is 96.7 cm³/mol. The zero-order valence-electron chi connectivity index (χ0n) is 14.3. The van der Waals surface area contributed by atoms with Crippen LogP contribution in [0.2, 0.25) is 0 Å². The Morgan fingerprint density at radius 1 is 1.28 bits per heavy atom. The molecule has 1 aromatic heterocycles. The number of benzene rings is 1. The van der Waals surface area contributed by atoms with E-state index >= 15 is 0 Å². The second kappa shape index (κ2) is 8.74. The summed E-state index contributed by atoms with van der Waals surface area (Å²) in [5.74, 6) is 0.0185. The maximum Gasteiger partial charge on any atom is 0.234 e. The highest BCUT2D eigenvalue weighted by Crippen LogP contribution is 2.27. The van der Waals surface area contributed by atoms with E-state index < -0.39 is 6.10 Å². The van der Waals surface area contributed by atoms with Crippen LogP contribution in [-0.2, 0) is 11.3 Å². The van der Waals surface area contributed by atoms with Crippen LogP contribution >= 0.6 is 0 Å². The molecule has 0 radical (unpaired) electrons. The maximum atomic E-state index is 12.2. The Hall–Kier alpha value is -2.24. The van der Waals surface area contributed by atoms with Crippen LogP contribution in [0.15, 0.2) is 54.9 Å². The summed E-state index contributed by atoms with van der Waals surface area (Å²) in [5, 5.41) is 13.4. The zero-order chi connectivity index (χ0) is 17.5. The highest BCUT2D eigenvalue weighted by atomic mass is 16.3. The summed E-state index contributed by atoms with van der Waals surface area (Å²) in [4.78, 5) is 18.5. The second-order valence-electron chi connectivity index (χ2n) is 6.57. The molecular formula is C20H25N3O2. The fourth-order valence-corrected chi connectivity index (χ4v) is 3.38. The minimum absolute atomic E-state index is 0.0185. The second-order valence-corrected chi connectivity index (χ2v) is 6.57. The van der Waals surface area contributed by atoms with Crippen LogP contribution in [0.5, 0.6) is 0 Å². The topological polar surface area (TPSA) is 65.5 Å². The first-order valence-corrected chi connectivity index (χ1v) is 8.85. The van der Waals surface area contributed by atoms with E-state index in [-0.39, 0.29) is 11.9 Å². The number of nitrogens with one attached hydrogen (secondary N) is 1. The van der Waals surface area contributed by atoms with Gasteiger partial charge < -0.3 is 10.4 Å². The number of hydrogen-bond acceptors (Lipinski definition) is 4. The van der Waals surface area contributed by atoms with Crippen LogP contribution in [0.4, 0.5) is 0 Å². The molecule has 1 aliphatic heterocycles. The molecular weight excluding hydrogens is 314 g/mol. The van der Waals surface area contributed by atoms with Gasteiger partial charge in [0.15, 0.2) is 0 Å². The lowest BCUT2D eigenvalue weighted by Gasteiger charge is -2.26. The summed E-state index contributed by atoms with van der Waals surface area (Å²) in [5.41, 5.74) is 1.93. The molecule has 2 atom stereocenters. The van der Waals surface area contributed by atoms with Gasteiger partial charge in [0, 0.05) is 25.0 Å². The number of rotatable bonds is 7. The summed E-state index contributed by atoms with van der Waals surface area (Å²) in [6.07, 6.45) is 5.76. The van der Waals surface area contributed by atoms with Crippen LogP contribution in [0.1, 0.15) is 36.5 Å². The first-order chi connectivity index (χ1) is 12.2. The number of hydrogen-bond donors (Lipinski definition) is 2. The lowest BCUT2D eigenvalue weighted by molar-refractivity contribution is -0.122. The summed E-state index contributed by atoms with van der Waals surface area (Å²) in [6, 6.07) is 13.8. The van der Waals surface area contributed by atoms with Crippen molar-refractivity contribution in [3.05, 3.63) is 66.0 Å². The van der Waals surface area contributed by atoms with Crippen molar-refractivity contribution < 1.29 is 9.90 Å². The van der Waals surface area contributed by atoms with Crippen LogP contribution in [0.25, 0.3) is 0 Å². The normalized spacial score (nSPS) is 18.8.